The zero-order valence-electron chi connectivity index (χ0n) is 11.7. The molecule has 0 bridgehead atoms. The largest absolute Gasteiger partial charge is 0.379 e. The van der Waals surface area contributed by atoms with Crippen LogP contribution in [-0.2, 0) is 9.47 Å². The molecule has 1 saturated heterocycles. The molecule has 1 aromatic carbocycles. The van der Waals surface area contributed by atoms with Crippen LogP contribution in [0.15, 0.2) is 18.2 Å². The lowest BCUT2D eigenvalue weighted by atomic mass is 10.2. The third kappa shape index (κ3) is 4.75. The Balaban J connectivity index is 1.63. The van der Waals surface area contributed by atoms with Gasteiger partial charge in [-0.3, -0.25) is 4.79 Å². The highest BCUT2D eigenvalue weighted by atomic mass is 19.1. The van der Waals surface area contributed by atoms with Gasteiger partial charge in [-0.1, -0.05) is 6.07 Å². The number of hydrogen-bond acceptors (Lipinski definition) is 3. The topological polar surface area (TPSA) is 47.6 Å². The molecule has 1 aliphatic heterocycles. The molecule has 1 aliphatic rings. The summed E-state index contributed by atoms with van der Waals surface area (Å²) in [6.07, 6.45) is 2.84. The number of carbonyl (C=O) groups excluding carboxylic acids is 1. The average Bonchev–Trinajstić information content (AvgIpc) is 2.95. The van der Waals surface area contributed by atoms with E-state index in [2.05, 4.69) is 5.32 Å². The molecule has 116 valence electrons. The lowest BCUT2D eigenvalue weighted by Gasteiger charge is -2.10. The fourth-order valence-corrected chi connectivity index (χ4v) is 2.17. The number of carbonyl (C=O) groups is 1. The molecule has 1 N–H and O–H groups in total. The van der Waals surface area contributed by atoms with Crippen LogP contribution in [0, 0.1) is 11.6 Å². The predicted molar refractivity (Wildman–Crippen MR) is 73.1 cm³/mol. The van der Waals surface area contributed by atoms with Crippen molar-refractivity contribution in [2.24, 2.45) is 0 Å². The minimum atomic E-state index is -0.859. The fourth-order valence-electron chi connectivity index (χ4n) is 2.17. The standard InChI is InChI=1S/C15H19F2NO3/c16-12-5-1-6-13(17)14(12)15(19)18-7-3-8-20-10-11-4-2-9-21-11/h1,5-6,11H,2-4,7-10H2,(H,18,19). The van der Waals surface area contributed by atoms with Gasteiger partial charge in [0.2, 0.25) is 0 Å². The minimum Gasteiger partial charge on any atom is -0.379 e. The summed E-state index contributed by atoms with van der Waals surface area (Å²) in [5.41, 5.74) is -0.544. The average molecular weight is 299 g/mol. The Hall–Kier alpha value is -1.53. The Bertz CT molecular complexity index is 456. The van der Waals surface area contributed by atoms with Gasteiger partial charge in [0, 0.05) is 19.8 Å². The van der Waals surface area contributed by atoms with Crippen LogP contribution in [0.2, 0.25) is 0 Å². The van der Waals surface area contributed by atoms with Gasteiger partial charge >= 0.3 is 0 Å². The van der Waals surface area contributed by atoms with E-state index < -0.39 is 23.1 Å². The Labute approximate surface area is 122 Å². The lowest BCUT2D eigenvalue weighted by molar-refractivity contribution is 0.0166. The SMILES string of the molecule is O=C(NCCCOCC1CCCO1)c1c(F)cccc1F. The monoisotopic (exact) mass is 299 g/mol. The summed E-state index contributed by atoms with van der Waals surface area (Å²) in [4.78, 5) is 11.7. The van der Waals surface area contributed by atoms with E-state index in [1.54, 1.807) is 0 Å². The van der Waals surface area contributed by atoms with Gasteiger partial charge in [-0.15, -0.1) is 0 Å². The van der Waals surface area contributed by atoms with Crippen LogP contribution in [0.5, 0.6) is 0 Å². The van der Waals surface area contributed by atoms with E-state index in [4.69, 9.17) is 9.47 Å². The summed E-state index contributed by atoms with van der Waals surface area (Å²) in [6, 6.07) is 3.34. The molecule has 1 amide bonds. The fraction of sp³-hybridized carbons (Fsp3) is 0.533. The summed E-state index contributed by atoms with van der Waals surface area (Å²) < 4.78 is 37.6. The first-order valence-electron chi connectivity index (χ1n) is 7.10. The van der Waals surface area contributed by atoms with Crippen molar-refractivity contribution in [2.75, 3.05) is 26.4 Å². The summed E-state index contributed by atoms with van der Waals surface area (Å²) >= 11 is 0. The first-order valence-corrected chi connectivity index (χ1v) is 7.10. The van der Waals surface area contributed by atoms with Crippen molar-refractivity contribution in [2.45, 2.75) is 25.4 Å². The molecule has 2 rings (SSSR count). The van der Waals surface area contributed by atoms with Crippen LogP contribution in [-0.4, -0.2) is 38.4 Å². The molecular weight excluding hydrogens is 280 g/mol. The summed E-state index contributed by atoms with van der Waals surface area (Å²) in [5.74, 6) is -2.46. The Morgan fingerprint density at radius 3 is 2.81 bits per heavy atom. The number of hydrogen-bond donors (Lipinski definition) is 1. The van der Waals surface area contributed by atoms with Crippen LogP contribution in [0.25, 0.3) is 0 Å². The number of nitrogens with one attached hydrogen (secondary N) is 1. The third-order valence-electron chi connectivity index (χ3n) is 3.27. The van der Waals surface area contributed by atoms with Crippen LogP contribution in [0.4, 0.5) is 8.78 Å². The van der Waals surface area contributed by atoms with Crippen LogP contribution >= 0.6 is 0 Å². The third-order valence-corrected chi connectivity index (χ3v) is 3.27. The normalized spacial score (nSPS) is 17.9. The van der Waals surface area contributed by atoms with Crippen LogP contribution in [0.3, 0.4) is 0 Å². The van der Waals surface area contributed by atoms with Gasteiger partial charge in [0.1, 0.15) is 17.2 Å². The highest BCUT2D eigenvalue weighted by Crippen LogP contribution is 2.12. The molecule has 0 saturated carbocycles. The predicted octanol–water partition coefficient (Wildman–Crippen LogP) is 2.28. The van der Waals surface area contributed by atoms with E-state index >= 15 is 0 Å². The molecule has 1 aromatic rings. The van der Waals surface area contributed by atoms with Gasteiger partial charge in [0.25, 0.3) is 5.91 Å². The second-order valence-corrected chi connectivity index (χ2v) is 4.92. The van der Waals surface area contributed by atoms with E-state index in [-0.39, 0.29) is 6.10 Å². The Morgan fingerprint density at radius 1 is 1.38 bits per heavy atom. The quantitative estimate of drug-likeness (QED) is 0.786. The number of rotatable bonds is 7. The molecular formula is C15H19F2NO3. The number of amides is 1. The van der Waals surface area contributed by atoms with Gasteiger partial charge in [0.15, 0.2) is 0 Å². The summed E-state index contributed by atoms with van der Waals surface area (Å²) in [5, 5.41) is 2.48. The van der Waals surface area contributed by atoms with Crippen molar-refractivity contribution < 1.29 is 23.0 Å². The molecule has 1 unspecified atom stereocenters. The molecule has 1 heterocycles. The molecule has 0 radical (unpaired) electrons. The molecule has 1 fully saturated rings. The molecule has 21 heavy (non-hydrogen) atoms. The first kappa shape index (κ1) is 15.9. The zero-order chi connectivity index (χ0) is 15.1. The van der Waals surface area contributed by atoms with Crippen molar-refractivity contribution in [1.82, 2.24) is 5.32 Å². The van der Waals surface area contributed by atoms with Gasteiger partial charge in [-0.2, -0.15) is 0 Å². The van der Waals surface area contributed by atoms with Crippen molar-refractivity contribution >= 4 is 5.91 Å². The van der Waals surface area contributed by atoms with E-state index in [9.17, 15) is 13.6 Å². The van der Waals surface area contributed by atoms with Gasteiger partial charge in [-0.25, -0.2) is 8.78 Å². The Kier molecular flexibility index (Phi) is 6.07. The maximum Gasteiger partial charge on any atom is 0.257 e. The van der Waals surface area contributed by atoms with E-state index in [1.165, 1.54) is 6.07 Å². The summed E-state index contributed by atoms with van der Waals surface area (Å²) in [7, 11) is 0. The van der Waals surface area contributed by atoms with Crippen molar-refractivity contribution in [1.29, 1.82) is 0 Å². The second kappa shape index (κ2) is 8.05. The molecule has 0 aromatic heterocycles. The van der Waals surface area contributed by atoms with Crippen molar-refractivity contribution in [3.8, 4) is 0 Å². The van der Waals surface area contributed by atoms with Gasteiger partial charge < -0.3 is 14.8 Å². The van der Waals surface area contributed by atoms with Crippen LogP contribution in [0.1, 0.15) is 29.6 Å². The van der Waals surface area contributed by atoms with Crippen molar-refractivity contribution in [3.63, 3.8) is 0 Å². The Morgan fingerprint density at radius 2 is 2.14 bits per heavy atom. The zero-order valence-corrected chi connectivity index (χ0v) is 11.7. The second-order valence-electron chi connectivity index (χ2n) is 4.92. The van der Waals surface area contributed by atoms with E-state index in [1.807, 2.05) is 0 Å². The van der Waals surface area contributed by atoms with Crippen molar-refractivity contribution in [3.05, 3.63) is 35.4 Å². The minimum absolute atomic E-state index is 0.173. The van der Waals surface area contributed by atoms with E-state index in [0.29, 0.717) is 26.2 Å². The van der Waals surface area contributed by atoms with Gasteiger partial charge in [0.05, 0.1) is 12.7 Å². The van der Waals surface area contributed by atoms with Gasteiger partial charge in [-0.05, 0) is 31.4 Å². The summed E-state index contributed by atoms with van der Waals surface area (Å²) in [6.45, 7) is 2.12. The number of halogens is 2. The molecule has 0 aliphatic carbocycles. The highest BCUT2D eigenvalue weighted by Gasteiger charge is 2.17. The van der Waals surface area contributed by atoms with E-state index in [0.717, 1.165) is 31.6 Å². The van der Waals surface area contributed by atoms with Crippen LogP contribution < -0.4 is 5.32 Å². The lowest BCUT2D eigenvalue weighted by Crippen LogP contribution is -2.27. The molecule has 0 spiro atoms. The number of ether oxygens (including phenoxy) is 2. The molecule has 1 atom stereocenters. The molecule has 6 heteroatoms. The smallest absolute Gasteiger partial charge is 0.257 e. The molecule has 4 nitrogen and oxygen atoms in total. The maximum absolute atomic E-state index is 13.4. The highest BCUT2D eigenvalue weighted by molar-refractivity contribution is 5.94. The number of benzene rings is 1. The maximum atomic E-state index is 13.4. The first-order chi connectivity index (χ1) is 10.2.